The van der Waals surface area contributed by atoms with Gasteiger partial charge in [-0.2, -0.15) is 0 Å². The van der Waals surface area contributed by atoms with Crippen molar-refractivity contribution in [3.8, 4) is 5.75 Å². The standard InChI is InChI=1S/C18H20FNO/c1-12(14-3-6-17(19)7-4-14)20-13(2)15-5-8-18-16(11-15)9-10-21-18/h3-8,11-13,20H,9-10H2,1-2H3/t12-,13?/m0/s1. The smallest absolute Gasteiger partial charge is 0.123 e. The molecule has 0 fully saturated rings. The Morgan fingerprint density at radius 2 is 1.67 bits per heavy atom. The van der Waals surface area contributed by atoms with Gasteiger partial charge >= 0.3 is 0 Å². The predicted octanol–water partition coefficient (Wildman–Crippen LogP) is 4.17. The van der Waals surface area contributed by atoms with Crippen LogP contribution in [0.15, 0.2) is 42.5 Å². The first-order chi connectivity index (χ1) is 10.1. The molecule has 1 unspecified atom stereocenters. The van der Waals surface area contributed by atoms with Crippen molar-refractivity contribution in [3.05, 3.63) is 65.0 Å². The number of rotatable bonds is 4. The molecule has 0 aromatic heterocycles. The van der Waals surface area contributed by atoms with Crippen LogP contribution < -0.4 is 10.1 Å². The number of ether oxygens (including phenoxy) is 1. The van der Waals surface area contributed by atoms with E-state index in [2.05, 4.69) is 37.4 Å². The fourth-order valence-corrected chi connectivity index (χ4v) is 2.79. The van der Waals surface area contributed by atoms with Crippen molar-refractivity contribution in [3.63, 3.8) is 0 Å². The number of nitrogens with one attached hydrogen (secondary N) is 1. The second-order valence-electron chi connectivity index (χ2n) is 5.63. The van der Waals surface area contributed by atoms with Gasteiger partial charge in [0.2, 0.25) is 0 Å². The molecule has 0 amide bonds. The average Bonchev–Trinajstić information content (AvgIpc) is 2.95. The Morgan fingerprint density at radius 3 is 2.43 bits per heavy atom. The monoisotopic (exact) mass is 285 g/mol. The fraction of sp³-hybridized carbons (Fsp3) is 0.333. The van der Waals surface area contributed by atoms with E-state index in [9.17, 15) is 4.39 Å². The minimum Gasteiger partial charge on any atom is -0.493 e. The molecular formula is C18H20FNO. The first kappa shape index (κ1) is 14.1. The summed E-state index contributed by atoms with van der Waals surface area (Å²) >= 11 is 0. The third-order valence-electron chi connectivity index (χ3n) is 4.08. The molecule has 0 spiro atoms. The van der Waals surface area contributed by atoms with Crippen LogP contribution in [0.5, 0.6) is 5.75 Å². The molecule has 1 N–H and O–H groups in total. The van der Waals surface area contributed by atoms with E-state index in [1.165, 1.54) is 23.3 Å². The Morgan fingerprint density at radius 1 is 1.00 bits per heavy atom. The molecule has 3 heteroatoms. The van der Waals surface area contributed by atoms with Crippen LogP contribution in [0, 0.1) is 5.82 Å². The normalized spacial score (nSPS) is 16.1. The molecule has 1 heterocycles. The summed E-state index contributed by atoms with van der Waals surface area (Å²) in [6.45, 7) is 5.03. The maximum atomic E-state index is 13.0. The maximum Gasteiger partial charge on any atom is 0.123 e. The van der Waals surface area contributed by atoms with Crippen LogP contribution in [0.2, 0.25) is 0 Å². The zero-order chi connectivity index (χ0) is 14.8. The quantitative estimate of drug-likeness (QED) is 0.910. The van der Waals surface area contributed by atoms with Crippen LogP contribution in [0.3, 0.4) is 0 Å². The summed E-state index contributed by atoms with van der Waals surface area (Å²) in [6.07, 6.45) is 0.989. The first-order valence-corrected chi connectivity index (χ1v) is 7.40. The zero-order valence-corrected chi connectivity index (χ0v) is 12.4. The fourth-order valence-electron chi connectivity index (χ4n) is 2.79. The molecule has 0 bridgehead atoms. The second-order valence-corrected chi connectivity index (χ2v) is 5.63. The van der Waals surface area contributed by atoms with Gasteiger partial charge in [0.15, 0.2) is 0 Å². The highest BCUT2D eigenvalue weighted by molar-refractivity contribution is 5.40. The minimum atomic E-state index is -0.197. The van der Waals surface area contributed by atoms with Crippen molar-refractivity contribution < 1.29 is 9.13 Å². The second kappa shape index (κ2) is 5.86. The molecule has 3 rings (SSSR count). The van der Waals surface area contributed by atoms with Gasteiger partial charge in [-0.15, -0.1) is 0 Å². The summed E-state index contributed by atoms with van der Waals surface area (Å²) in [4.78, 5) is 0. The zero-order valence-electron chi connectivity index (χ0n) is 12.4. The first-order valence-electron chi connectivity index (χ1n) is 7.40. The summed E-state index contributed by atoms with van der Waals surface area (Å²) < 4.78 is 18.5. The molecule has 1 aliphatic heterocycles. The summed E-state index contributed by atoms with van der Waals surface area (Å²) in [6, 6.07) is 13.5. The van der Waals surface area contributed by atoms with Gasteiger partial charge in [-0.3, -0.25) is 0 Å². The van der Waals surface area contributed by atoms with Crippen molar-refractivity contribution >= 4 is 0 Å². The molecule has 1 aliphatic rings. The van der Waals surface area contributed by atoms with Gasteiger partial charge in [0.05, 0.1) is 6.61 Å². The number of halogens is 1. The van der Waals surface area contributed by atoms with E-state index >= 15 is 0 Å². The molecule has 0 radical (unpaired) electrons. The number of hydrogen-bond acceptors (Lipinski definition) is 2. The van der Waals surface area contributed by atoms with Gasteiger partial charge < -0.3 is 10.1 Å². The van der Waals surface area contributed by atoms with Gasteiger partial charge in [-0.05, 0) is 48.7 Å². The van der Waals surface area contributed by atoms with E-state index < -0.39 is 0 Å². The van der Waals surface area contributed by atoms with Gasteiger partial charge in [0.1, 0.15) is 11.6 Å². The lowest BCUT2D eigenvalue weighted by molar-refractivity contribution is 0.356. The number of benzene rings is 2. The molecule has 2 aromatic rings. The molecule has 21 heavy (non-hydrogen) atoms. The lowest BCUT2D eigenvalue weighted by Gasteiger charge is -2.21. The van der Waals surface area contributed by atoms with Crippen molar-refractivity contribution in [1.29, 1.82) is 0 Å². The highest BCUT2D eigenvalue weighted by Gasteiger charge is 2.16. The predicted molar refractivity (Wildman–Crippen MR) is 82.0 cm³/mol. The van der Waals surface area contributed by atoms with Crippen LogP contribution in [0.4, 0.5) is 4.39 Å². The maximum absolute atomic E-state index is 13.0. The summed E-state index contributed by atoms with van der Waals surface area (Å²) in [5, 5.41) is 3.56. The lowest BCUT2D eigenvalue weighted by Crippen LogP contribution is -2.22. The third-order valence-corrected chi connectivity index (χ3v) is 4.08. The van der Waals surface area contributed by atoms with E-state index in [1.54, 1.807) is 0 Å². The Hall–Kier alpha value is -1.87. The molecule has 110 valence electrons. The summed E-state index contributed by atoms with van der Waals surface area (Å²) in [5.74, 6) is 0.815. The Kier molecular flexibility index (Phi) is 3.93. The van der Waals surface area contributed by atoms with E-state index in [4.69, 9.17) is 4.74 Å². The minimum absolute atomic E-state index is 0.171. The van der Waals surface area contributed by atoms with Crippen LogP contribution in [-0.4, -0.2) is 6.61 Å². The van der Waals surface area contributed by atoms with Gasteiger partial charge in [0.25, 0.3) is 0 Å². The van der Waals surface area contributed by atoms with E-state index in [-0.39, 0.29) is 17.9 Å². The highest BCUT2D eigenvalue weighted by atomic mass is 19.1. The van der Waals surface area contributed by atoms with Crippen molar-refractivity contribution in [2.24, 2.45) is 0 Å². The van der Waals surface area contributed by atoms with Crippen LogP contribution >= 0.6 is 0 Å². The van der Waals surface area contributed by atoms with E-state index in [0.29, 0.717) is 0 Å². The SMILES string of the molecule is CC(N[C@@H](C)c1ccc(F)cc1)c1ccc2c(c1)CCO2. The average molecular weight is 285 g/mol. The summed E-state index contributed by atoms with van der Waals surface area (Å²) in [7, 11) is 0. The largest absolute Gasteiger partial charge is 0.493 e. The van der Waals surface area contributed by atoms with Gasteiger partial charge in [-0.25, -0.2) is 4.39 Å². The lowest BCUT2D eigenvalue weighted by atomic mass is 10.0. The molecule has 2 atom stereocenters. The Labute approximate surface area is 125 Å². The van der Waals surface area contributed by atoms with Crippen LogP contribution in [0.25, 0.3) is 0 Å². The van der Waals surface area contributed by atoms with Crippen molar-refractivity contribution in [2.75, 3.05) is 6.61 Å². The molecule has 0 aliphatic carbocycles. The summed E-state index contributed by atoms with van der Waals surface area (Å²) in [5.41, 5.74) is 3.64. The Bertz CT molecular complexity index is 624. The molecule has 0 saturated heterocycles. The topological polar surface area (TPSA) is 21.3 Å². The molecule has 0 saturated carbocycles. The Balaban J connectivity index is 1.70. The van der Waals surface area contributed by atoms with Gasteiger partial charge in [0, 0.05) is 18.5 Å². The van der Waals surface area contributed by atoms with Crippen molar-refractivity contribution in [1.82, 2.24) is 5.32 Å². The molecule has 2 aromatic carbocycles. The number of hydrogen-bond donors (Lipinski definition) is 1. The van der Waals surface area contributed by atoms with Crippen molar-refractivity contribution in [2.45, 2.75) is 32.4 Å². The van der Waals surface area contributed by atoms with Crippen LogP contribution in [0.1, 0.15) is 42.6 Å². The van der Waals surface area contributed by atoms with E-state index in [0.717, 1.165) is 24.3 Å². The molecule has 2 nitrogen and oxygen atoms in total. The van der Waals surface area contributed by atoms with Crippen LogP contribution in [-0.2, 0) is 6.42 Å². The highest BCUT2D eigenvalue weighted by Crippen LogP contribution is 2.29. The molecular weight excluding hydrogens is 265 g/mol. The third kappa shape index (κ3) is 3.08. The van der Waals surface area contributed by atoms with E-state index in [1.807, 2.05) is 12.1 Å². The van der Waals surface area contributed by atoms with Gasteiger partial charge in [-0.1, -0.05) is 24.3 Å². The number of fused-ring (bicyclic) bond motifs is 1.